The summed E-state index contributed by atoms with van der Waals surface area (Å²) in [5.74, 6) is 1.34. The molecule has 1 aromatic heterocycles. The van der Waals surface area contributed by atoms with Gasteiger partial charge in [0.05, 0.1) is 25.9 Å². The number of fused-ring (bicyclic) bond motifs is 1. The first-order chi connectivity index (χ1) is 10.8. The fourth-order valence-corrected chi connectivity index (χ4v) is 3.98. The van der Waals surface area contributed by atoms with Crippen molar-refractivity contribution < 1.29 is 14.3 Å². The molecule has 4 rings (SSSR count). The molecule has 0 amide bonds. The summed E-state index contributed by atoms with van der Waals surface area (Å²) >= 11 is 0. The van der Waals surface area contributed by atoms with Crippen LogP contribution in [0.1, 0.15) is 25.0 Å². The van der Waals surface area contributed by atoms with E-state index < -0.39 is 0 Å². The number of benzene rings is 1. The number of aliphatic hydroxyl groups excluding tert-OH is 1. The van der Waals surface area contributed by atoms with E-state index in [1.54, 1.807) is 0 Å². The van der Waals surface area contributed by atoms with Crippen LogP contribution in [0.15, 0.2) is 34.7 Å². The Kier molecular flexibility index (Phi) is 3.90. The van der Waals surface area contributed by atoms with E-state index in [1.165, 1.54) is 0 Å². The Labute approximate surface area is 130 Å². The van der Waals surface area contributed by atoms with E-state index in [2.05, 4.69) is 17.0 Å². The average Bonchev–Trinajstić information content (AvgIpc) is 3.13. The average molecular weight is 301 g/mol. The monoisotopic (exact) mass is 301 g/mol. The fraction of sp³-hybridized carbons (Fsp3) is 0.556. The summed E-state index contributed by atoms with van der Waals surface area (Å²) in [5, 5.41) is 11.4. The van der Waals surface area contributed by atoms with Crippen molar-refractivity contribution in [3.8, 4) is 0 Å². The van der Waals surface area contributed by atoms with Crippen LogP contribution in [0.3, 0.4) is 0 Å². The molecule has 4 heteroatoms. The molecule has 0 bridgehead atoms. The van der Waals surface area contributed by atoms with Gasteiger partial charge in [-0.05, 0) is 25.0 Å². The standard InChI is InChI=1S/C18H23NO3/c20-17-6-3-5-15(17)16-12-21-9-8-19(16)11-14-10-13-4-1-2-7-18(13)22-14/h1-2,4,7,10,15-17,20H,3,5-6,8-9,11-12H2. The van der Waals surface area contributed by atoms with Crippen molar-refractivity contribution in [2.24, 2.45) is 5.92 Å². The molecule has 2 aliphatic rings. The lowest BCUT2D eigenvalue weighted by atomic mass is 9.94. The van der Waals surface area contributed by atoms with Gasteiger partial charge in [0, 0.05) is 23.9 Å². The Balaban J connectivity index is 1.53. The van der Waals surface area contributed by atoms with E-state index in [0.29, 0.717) is 12.0 Å². The van der Waals surface area contributed by atoms with Crippen LogP contribution >= 0.6 is 0 Å². The number of morpholine rings is 1. The molecule has 22 heavy (non-hydrogen) atoms. The minimum Gasteiger partial charge on any atom is -0.460 e. The highest BCUT2D eigenvalue weighted by Crippen LogP contribution is 2.33. The number of ether oxygens (including phenoxy) is 1. The molecule has 118 valence electrons. The first kappa shape index (κ1) is 14.2. The van der Waals surface area contributed by atoms with Crippen LogP contribution in [0.25, 0.3) is 11.0 Å². The van der Waals surface area contributed by atoms with Crippen LogP contribution in [0.2, 0.25) is 0 Å². The van der Waals surface area contributed by atoms with Gasteiger partial charge in [-0.25, -0.2) is 0 Å². The second-order valence-electron chi connectivity index (χ2n) is 6.53. The highest BCUT2D eigenvalue weighted by molar-refractivity contribution is 5.77. The Morgan fingerprint density at radius 1 is 1.23 bits per heavy atom. The third kappa shape index (κ3) is 2.67. The number of rotatable bonds is 3. The number of furan rings is 1. The Bertz CT molecular complexity index is 605. The van der Waals surface area contributed by atoms with Crippen molar-refractivity contribution in [2.75, 3.05) is 19.8 Å². The van der Waals surface area contributed by atoms with Gasteiger partial charge >= 0.3 is 0 Å². The van der Waals surface area contributed by atoms with Gasteiger partial charge in [0.1, 0.15) is 11.3 Å². The van der Waals surface area contributed by atoms with E-state index in [0.717, 1.165) is 62.3 Å². The maximum absolute atomic E-state index is 10.2. The fourth-order valence-electron chi connectivity index (χ4n) is 3.98. The van der Waals surface area contributed by atoms with Gasteiger partial charge in [0.2, 0.25) is 0 Å². The second kappa shape index (κ2) is 6.03. The van der Waals surface area contributed by atoms with Gasteiger partial charge in [-0.1, -0.05) is 24.6 Å². The number of para-hydroxylation sites is 1. The first-order valence-corrected chi connectivity index (χ1v) is 8.28. The summed E-state index contributed by atoms with van der Waals surface area (Å²) in [4.78, 5) is 2.43. The molecule has 3 atom stereocenters. The van der Waals surface area contributed by atoms with Crippen LogP contribution in [-0.2, 0) is 11.3 Å². The van der Waals surface area contributed by atoms with Gasteiger partial charge in [-0.3, -0.25) is 4.90 Å². The molecular formula is C18H23NO3. The van der Waals surface area contributed by atoms with Gasteiger partial charge in [0.15, 0.2) is 0 Å². The second-order valence-corrected chi connectivity index (χ2v) is 6.53. The van der Waals surface area contributed by atoms with Gasteiger partial charge in [-0.15, -0.1) is 0 Å². The van der Waals surface area contributed by atoms with Crippen LogP contribution in [0.4, 0.5) is 0 Å². The molecule has 1 saturated carbocycles. The van der Waals surface area contributed by atoms with E-state index in [4.69, 9.17) is 9.15 Å². The maximum atomic E-state index is 10.2. The lowest BCUT2D eigenvalue weighted by molar-refractivity contribution is -0.0555. The molecule has 1 aliphatic carbocycles. The first-order valence-electron chi connectivity index (χ1n) is 8.28. The van der Waals surface area contributed by atoms with Crippen molar-refractivity contribution in [1.82, 2.24) is 4.90 Å². The zero-order valence-corrected chi connectivity index (χ0v) is 12.8. The largest absolute Gasteiger partial charge is 0.460 e. The highest BCUT2D eigenvalue weighted by Gasteiger charge is 2.37. The lowest BCUT2D eigenvalue weighted by Gasteiger charge is -2.39. The number of hydrogen-bond donors (Lipinski definition) is 1. The maximum Gasteiger partial charge on any atom is 0.134 e. The Morgan fingerprint density at radius 3 is 2.95 bits per heavy atom. The summed E-state index contributed by atoms with van der Waals surface area (Å²) in [6.07, 6.45) is 2.98. The number of hydrogen-bond acceptors (Lipinski definition) is 4. The molecule has 0 spiro atoms. The number of aliphatic hydroxyl groups is 1. The predicted octanol–water partition coefficient (Wildman–Crippen LogP) is 2.79. The molecule has 2 fully saturated rings. The van der Waals surface area contributed by atoms with Crippen LogP contribution in [-0.4, -0.2) is 41.9 Å². The van der Waals surface area contributed by atoms with Gasteiger partial charge in [-0.2, -0.15) is 0 Å². The predicted molar refractivity (Wildman–Crippen MR) is 84.6 cm³/mol. The van der Waals surface area contributed by atoms with Gasteiger partial charge < -0.3 is 14.3 Å². The third-order valence-corrected chi connectivity index (χ3v) is 5.14. The van der Waals surface area contributed by atoms with Gasteiger partial charge in [0.25, 0.3) is 0 Å². The molecule has 0 radical (unpaired) electrons. The summed E-state index contributed by atoms with van der Waals surface area (Å²) < 4.78 is 11.6. The SMILES string of the molecule is OC1CCCC1C1COCCN1Cc1cc2ccccc2o1. The Hall–Kier alpha value is -1.36. The molecule has 3 unspecified atom stereocenters. The molecule has 4 nitrogen and oxygen atoms in total. The van der Waals surface area contributed by atoms with E-state index >= 15 is 0 Å². The summed E-state index contributed by atoms with van der Waals surface area (Å²) in [7, 11) is 0. The van der Waals surface area contributed by atoms with E-state index in [9.17, 15) is 5.11 Å². The van der Waals surface area contributed by atoms with Crippen molar-refractivity contribution in [3.63, 3.8) is 0 Å². The molecule has 1 N–H and O–H groups in total. The van der Waals surface area contributed by atoms with Crippen molar-refractivity contribution in [2.45, 2.75) is 38.0 Å². The molecule has 1 aromatic carbocycles. The smallest absolute Gasteiger partial charge is 0.134 e. The zero-order chi connectivity index (χ0) is 14.9. The number of nitrogens with zero attached hydrogens (tertiary/aromatic N) is 1. The normalized spacial score (nSPS) is 30.1. The van der Waals surface area contributed by atoms with Crippen LogP contribution in [0.5, 0.6) is 0 Å². The van der Waals surface area contributed by atoms with E-state index in [-0.39, 0.29) is 6.10 Å². The van der Waals surface area contributed by atoms with E-state index in [1.807, 2.05) is 18.2 Å². The minimum absolute atomic E-state index is 0.176. The van der Waals surface area contributed by atoms with Crippen LogP contribution < -0.4 is 0 Å². The van der Waals surface area contributed by atoms with Crippen LogP contribution in [0, 0.1) is 5.92 Å². The molecule has 1 saturated heterocycles. The molecular weight excluding hydrogens is 278 g/mol. The topological polar surface area (TPSA) is 45.8 Å². The zero-order valence-electron chi connectivity index (χ0n) is 12.8. The highest BCUT2D eigenvalue weighted by atomic mass is 16.5. The summed E-state index contributed by atoms with van der Waals surface area (Å²) in [6.45, 7) is 3.19. The summed E-state index contributed by atoms with van der Waals surface area (Å²) in [6, 6.07) is 10.6. The molecule has 2 aromatic rings. The summed E-state index contributed by atoms with van der Waals surface area (Å²) in [5.41, 5.74) is 0.947. The minimum atomic E-state index is -0.176. The van der Waals surface area contributed by atoms with Crippen molar-refractivity contribution in [1.29, 1.82) is 0 Å². The lowest BCUT2D eigenvalue weighted by Crippen LogP contribution is -2.50. The third-order valence-electron chi connectivity index (χ3n) is 5.14. The molecule has 2 heterocycles. The quantitative estimate of drug-likeness (QED) is 0.947. The van der Waals surface area contributed by atoms with Crippen molar-refractivity contribution in [3.05, 3.63) is 36.1 Å². The van der Waals surface area contributed by atoms with Crippen molar-refractivity contribution >= 4 is 11.0 Å². The Morgan fingerprint density at radius 2 is 2.14 bits per heavy atom. The molecule has 1 aliphatic heterocycles.